The van der Waals surface area contributed by atoms with Crippen LogP contribution in [0.3, 0.4) is 0 Å². The highest BCUT2D eigenvalue weighted by Gasteiger charge is 2.23. The first-order valence-corrected chi connectivity index (χ1v) is 6.12. The summed E-state index contributed by atoms with van der Waals surface area (Å²) in [4.78, 5) is 14.1. The van der Waals surface area contributed by atoms with Crippen LogP contribution in [0.25, 0.3) is 0 Å². The van der Waals surface area contributed by atoms with Gasteiger partial charge >= 0.3 is 0 Å². The fourth-order valence-corrected chi connectivity index (χ4v) is 2.28. The van der Waals surface area contributed by atoms with E-state index >= 15 is 0 Å². The molecule has 1 atom stereocenters. The molecule has 1 saturated heterocycles. The second kappa shape index (κ2) is 4.88. The SMILES string of the molecule is Cc1ccc(C)c(C(=O)N2CCC[C@H](O)C2)c1. The number of benzene rings is 1. The molecule has 0 spiro atoms. The van der Waals surface area contributed by atoms with E-state index < -0.39 is 0 Å². The molecule has 0 saturated carbocycles. The van der Waals surface area contributed by atoms with E-state index in [-0.39, 0.29) is 12.0 Å². The van der Waals surface area contributed by atoms with Gasteiger partial charge in [-0.1, -0.05) is 17.7 Å². The third kappa shape index (κ3) is 2.67. The fourth-order valence-electron chi connectivity index (χ4n) is 2.28. The van der Waals surface area contributed by atoms with Crippen LogP contribution in [0, 0.1) is 13.8 Å². The minimum absolute atomic E-state index is 0.0463. The fraction of sp³-hybridized carbons (Fsp3) is 0.500. The second-order valence-electron chi connectivity index (χ2n) is 4.87. The van der Waals surface area contributed by atoms with Gasteiger partial charge in [0.2, 0.25) is 0 Å². The highest BCUT2D eigenvalue weighted by atomic mass is 16.3. The van der Waals surface area contributed by atoms with Crippen LogP contribution in [0.2, 0.25) is 0 Å². The van der Waals surface area contributed by atoms with Gasteiger partial charge in [-0.3, -0.25) is 4.79 Å². The largest absolute Gasteiger partial charge is 0.391 e. The van der Waals surface area contributed by atoms with Crippen LogP contribution < -0.4 is 0 Å². The van der Waals surface area contributed by atoms with Crippen molar-refractivity contribution in [3.63, 3.8) is 0 Å². The molecule has 0 aliphatic carbocycles. The van der Waals surface area contributed by atoms with E-state index in [4.69, 9.17) is 0 Å². The zero-order chi connectivity index (χ0) is 12.4. The summed E-state index contributed by atoms with van der Waals surface area (Å²) in [6.07, 6.45) is 1.33. The molecular weight excluding hydrogens is 214 g/mol. The van der Waals surface area contributed by atoms with E-state index in [2.05, 4.69) is 0 Å². The van der Waals surface area contributed by atoms with Gasteiger partial charge in [0, 0.05) is 18.7 Å². The Morgan fingerprint density at radius 2 is 2.18 bits per heavy atom. The van der Waals surface area contributed by atoms with E-state index in [0.717, 1.165) is 36.1 Å². The van der Waals surface area contributed by atoms with Crippen LogP contribution in [0.4, 0.5) is 0 Å². The van der Waals surface area contributed by atoms with Crippen molar-refractivity contribution in [2.75, 3.05) is 13.1 Å². The number of rotatable bonds is 1. The molecule has 2 rings (SSSR count). The maximum Gasteiger partial charge on any atom is 0.254 e. The molecule has 1 aliphatic rings. The average molecular weight is 233 g/mol. The van der Waals surface area contributed by atoms with Gasteiger partial charge in [-0.25, -0.2) is 0 Å². The molecule has 0 bridgehead atoms. The van der Waals surface area contributed by atoms with Crippen LogP contribution >= 0.6 is 0 Å². The smallest absolute Gasteiger partial charge is 0.254 e. The van der Waals surface area contributed by atoms with E-state index in [1.165, 1.54) is 0 Å². The number of aliphatic hydroxyl groups excluding tert-OH is 1. The quantitative estimate of drug-likeness (QED) is 0.804. The van der Waals surface area contributed by atoms with Gasteiger partial charge in [-0.05, 0) is 38.3 Å². The molecule has 92 valence electrons. The molecule has 3 nitrogen and oxygen atoms in total. The van der Waals surface area contributed by atoms with Gasteiger partial charge in [-0.2, -0.15) is 0 Å². The lowest BCUT2D eigenvalue weighted by molar-refractivity contribution is 0.0473. The normalized spacial score (nSPS) is 20.4. The zero-order valence-corrected chi connectivity index (χ0v) is 10.4. The van der Waals surface area contributed by atoms with E-state index in [0.29, 0.717) is 6.54 Å². The van der Waals surface area contributed by atoms with Gasteiger partial charge in [0.25, 0.3) is 5.91 Å². The summed E-state index contributed by atoms with van der Waals surface area (Å²) >= 11 is 0. The molecule has 17 heavy (non-hydrogen) atoms. The Hall–Kier alpha value is -1.35. The van der Waals surface area contributed by atoms with Gasteiger partial charge in [0.05, 0.1) is 6.10 Å². The monoisotopic (exact) mass is 233 g/mol. The third-order valence-electron chi connectivity index (χ3n) is 3.31. The lowest BCUT2D eigenvalue weighted by atomic mass is 10.0. The van der Waals surface area contributed by atoms with Gasteiger partial charge in [0.1, 0.15) is 0 Å². The summed E-state index contributed by atoms with van der Waals surface area (Å²) in [7, 11) is 0. The Balaban J connectivity index is 2.21. The minimum Gasteiger partial charge on any atom is -0.391 e. The number of carbonyl (C=O) groups excluding carboxylic acids is 1. The lowest BCUT2D eigenvalue weighted by Crippen LogP contribution is -2.42. The molecule has 1 aromatic rings. The summed E-state index contributed by atoms with van der Waals surface area (Å²) in [6.45, 7) is 5.16. The Bertz CT molecular complexity index is 428. The predicted octanol–water partition coefficient (Wildman–Crippen LogP) is 1.90. The summed E-state index contributed by atoms with van der Waals surface area (Å²) in [6, 6.07) is 5.92. The van der Waals surface area contributed by atoms with E-state index in [1.807, 2.05) is 32.0 Å². The van der Waals surface area contributed by atoms with Crippen LogP contribution in [-0.2, 0) is 0 Å². The van der Waals surface area contributed by atoms with Crippen molar-refractivity contribution < 1.29 is 9.90 Å². The van der Waals surface area contributed by atoms with Crippen LogP contribution in [0.1, 0.15) is 34.3 Å². The van der Waals surface area contributed by atoms with Crippen LogP contribution in [0.15, 0.2) is 18.2 Å². The van der Waals surface area contributed by atoms with Crippen molar-refractivity contribution in [2.45, 2.75) is 32.8 Å². The molecule has 1 fully saturated rings. The molecule has 0 radical (unpaired) electrons. The number of hydrogen-bond donors (Lipinski definition) is 1. The number of piperidine rings is 1. The average Bonchev–Trinajstić information content (AvgIpc) is 2.31. The Kier molecular flexibility index (Phi) is 3.48. The summed E-state index contributed by atoms with van der Waals surface area (Å²) in [5, 5.41) is 9.61. The van der Waals surface area contributed by atoms with Crippen LogP contribution in [-0.4, -0.2) is 35.1 Å². The lowest BCUT2D eigenvalue weighted by Gasteiger charge is -2.30. The number of aryl methyl sites for hydroxylation is 2. The van der Waals surface area contributed by atoms with Crippen molar-refractivity contribution in [1.29, 1.82) is 0 Å². The van der Waals surface area contributed by atoms with Crippen molar-refractivity contribution >= 4 is 5.91 Å². The molecule has 0 aromatic heterocycles. The number of nitrogens with zero attached hydrogens (tertiary/aromatic N) is 1. The molecule has 1 N–H and O–H groups in total. The van der Waals surface area contributed by atoms with Crippen LogP contribution in [0.5, 0.6) is 0 Å². The Morgan fingerprint density at radius 3 is 2.88 bits per heavy atom. The first kappa shape index (κ1) is 12.1. The molecule has 1 amide bonds. The molecule has 1 aromatic carbocycles. The maximum atomic E-state index is 12.3. The summed E-state index contributed by atoms with van der Waals surface area (Å²) < 4.78 is 0. The molecule has 1 heterocycles. The molecular formula is C14H19NO2. The maximum absolute atomic E-state index is 12.3. The van der Waals surface area contributed by atoms with Gasteiger partial charge < -0.3 is 10.0 Å². The molecule has 0 unspecified atom stereocenters. The van der Waals surface area contributed by atoms with Crippen molar-refractivity contribution in [2.24, 2.45) is 0 Å². The van der Waals surface area contributed by atoms with Crippen molar-refractivity contribution in [1.82, 2.24) is 4.90 Å². The number of hydrogen-bond acceptors (Lipinski definition) is 2. The summed E-state index contributed by atoms with van der Waals surface area (Å²) in [5.74, 6) is 0.0463. The highest BCUT2D eigenvalue weighted by molar-refractivity contribution is 5.95. The third-order valence-corrected chi connectivity index (χ3v) is 3.31. The van der Waals surface area contributed by atoms with Crippen molar-refractivity contribution in [3.05, 3.63) is 34.9 Å². The van der Waals surface area contributed by atoms with Gasteiger partial charge in [-0.15, -0.1) is 0 Å². The topological polar surface area (TPSA) is 40.5 Å². The second-order valence-corrected chi connectivity index (χ2v) is 4.87. The Morgan fingerprint density at radius 1 is 1.41 bits per heavy atom. The molecule has 1 aliphatic heterocycles. The van der Waals surface area contributed by atoms with Crippen molar-refractivity contribution in [3.8, 4) is 0 Å². The zero-order valence-electron chi connectivity index (χ0n) is 10.4. The number of aliphatic hydroxyl groups is 1. The first-order chi connectivity index (χ1) is 8.08. The highest BCUT2D eigenvalue weighted by Crippen LogP contribution is 2.17. The van der Waals surface area contributed by atoms with E-state index in [9.17, 15) is 9.90 Å². The molecule has 3 heteroatoms. The minimum atomic E-state index is -0.363. The summed E-state index contributed by atoms with van der Waals surface area (Å²) in [5.41, 5.74) is 2.86. The number of carbonyl (C=O) groups is 1. The van der Waals surface area contributed by atoms with Gasteiger partial charge in [0.15, 0.2) is 0 Å². The predicted molar refractivity (Wildman–Crippen MR) is 67.1 cm³/mol. The first-order valence-electron chi connectivity index (χ1n) is 6.12. The number of β-amino-alcohol motifs (C(OH)–C–C–N with tert-alkyl or cyclic N) is 1. The van der Waals surface area contributed by atoms with E-state index in [1.54, 1.807) is 4.90 Å². The Labute approximate surface area is 102 Å². The standard InChI is InChI=1S/C14H19NO2/c1-10-5-6-11(2)13(8-10)14(17)15-7-3-4-12(16)9-15/h5-6,8,12,16H,3-4,7,9H2,1-2H3/t12-/m0/s1. The number of likely N-dealkylation sites (tertiary alicyclic amines) is 1. The number of amides is 1.